The molecule has 45 heavy (non-hydrogen) atoms. The van der Waals surface area contributed by atoms with E-state index in [9.17, 15) is 0 Å². The Bertz CT molecular complexity index is 2450. The van der Waals surface area contributed by atoms with Gasteiger partial charge in [-0.3, -0.25) is 4.90 Å². The molecule has 0 radical (unpaired) electrons. The second kappa shape index (κ2) is 9.46. The Morgan fingerprint density at radius 2 is 1.18 bits per heavy atom. The van der Waals surface area contributed by atoms with Crippen LogP contribution in [0.15, 0.2) is 140 Å². The third-order valence-electron chi connectivity index (χ3n) is 9.64. The third-order valence-corrected chi connectivity index (χ3v) is 9.64. The lowest BCUT2D eigenvalue weighted by atomic mass is 9.95. The van der Waals surface area contributed by atoms with Crippen molar-refractivity contribution in [2.45, 2.75) is 12.6 Å². The normalized spacial score (nSPS) is 16.7. The first-order chi connectivity index (χ1) is 22.3. The van der Waals surface area contributed by atoms with Crippen molar-refractivity contribution >= 4 is 32.4 Å². The van der Waals surface area contributed by atoms with Gasteiger partial charge in [-0.2, -0.15) is 0 Å². The minimum Gasteiger partial charge on any atom is -0.312 e. The second-order valence-corrected chi connectivity index (χ2v) is 12.2. The highest BCUT2D eigenvalue weighted by Crippen LogP contribution is 2.49. The molecule has 0 amide bonds. The van der Waals surface area contributed by atoms with E-state index >= 15 is 0 Å². The minimum atomic E-state index is 0.557. The zero-order chi connectivity index (χ0) is 29.5. The highest BCUT2D eigenvalue weighted by Gasteiger charge is 2.46. The molecule has 2 aliphatic rings. The number of hydrogen-bond acceptors (Lipinski definition) is 3. The number of benzene rings is 5. The fraction of sp³-hybridized carbons (Fsp3) is 0.0732. The van der Waals surface area contributed by atoms with E-state index in [1.54, 1.807) is 0 Å². The molecular weight excluding hydrogens is 548 g/mol. The maximum atomic E-state index is 5.16. The summed E-state index contributed by atoms with van der Waals surface area (Å²) in [6.07, 6.45) is 0. The van der Waals surface area contributed by atoms with Gasteiger partial charge in [-0.15, -0.1) is 0 Å². The van der Waals surface area contributed by atoms with Gasteiger partial charge in [-0.05, 0) is 75.6 Å². The largest absolute Gasteiger partial charge is 0.312 e. The summed E-state index contributed by atoms with van der Waals surface area (Å²) < 4.78 is 2.47. The molecule has 2 atom stereocenters. The van der Waals surface area contributed by atoms with Gasteiger partial charge in [0.1, 0.15) is 0 Å². The summed E-state index contributed by atoms with van der Waals surface area (Å²) in [5.41, 5.74) is 11.3. The van der Waals surface area contributed by atoms with Crippen molar-refractivity contribution in [3.8, 4) is 39.6 Å². The quantitative estimate of drug-likeness (QED) is 0.155. The van der Waals surface area contributed by atoms with Crippen LogP contribution in [-0.2, 0) is 6.54 Å². The number of aromatic nitrogens is 3. The molecule has 1 fully saturated rings. The average Bonchev–Trinajstić information content (AvgIpc) is 3.67. The summed E-state index contributed by atoms with van der Waals surface area (Å²) in [4.78, 5) is 12.8. The van der Waals surface area contributed by atoms with Crippen LogP contribution in [0.5, 0.6) is 0 Å². The number of para-hydroxylation sites is 1. The van der Waals surface area contributed by atoms with Crippen molar-refractivity contribution in [3.63, 3.8) is 0 Å². The number of nitrogens with zero attached hydrogens (tertiary/aromatic N) is 4. The Kier molecular flexibility index (Phi) is 5.22. The molecule has 8 aromatic rings. The summed E-state index contributed by atoms with van der Waals surface area (Å²) in [5, 5.41) is 6.31. The van der Waals surface area contributed by atoms with Gasteiger partial charge in [-0.25, -0.2) is 9.97 Å². The molecule has 5 heterocycles. The van der Waals surface area contributed by atoms with Gasteiger partial charge >= 0.3 is 0 Å². The van der Waals surface area contributed by atoms with Crippen molar-refractivity contribution in [3.05, 3.63) is 151 Å². The molecule has 3 aromatic heterocycles. The van der Waals surface area contributed by atoms with E-state index in [-0.39, 0.29) is 0 Å². The molecule has 10 rings (SSSR count). The van der Waals surface area contributed by atoms with E-state index in [2.05, 4.69) is 149 Å². The van der Waals surface area contributed by atoms with E-state index in [1.807, 2.05) is 0 Å². The van der Waals surface area contributed by atoms with Gasteiger partial charge in [0.25, 0.3) is 0 Å². The van der Waals surface area contributed by atoms with Gasteiger partial charge in [0.15, 0.2) is 0 Å². The van der Waals surface area contributed by atoms with Gasteiger partial charge in [0, 0.05) is 41.0 Å². The van der Waals surface area contributed by atoms with Crippen LogP contribution in [-0.4, -0.2) is 26.0 Å². The Morgan fingerprint density at radius 3 is 2.00 bits per heavy atom. The van der Waals surface area contributed by atoms with E-state index in [0.717, 1.165) is 40.4 Å². The first-order valence-corrected chi connectivity index (χ1v) is 15.6. The zero-order valence-corrected chi connectivity index (χ0v) is 24.6. The molecular formula is C41H28N4. The van der Waals surface area contributed by atoms with Crippen molar-refractivity contribution in [1.82, 2.24) is 19.4 Å². The van der Waals surface area contributed by atoms with E-state index in [4.69, 9.17) is 9.97 Å². The first kappa shape index (κ1) is 24.8. The third kappa shape index (κ3) is 3.83. The Morgan fingerprint density at radius 1 is 0.533 bits per heavy atom. The Hall–Kier alpha value is -5.58. The summed E-state index contributed by atoms with van der Waals surface area (Å²) in [6, 6.07) is 50.2. The molecule has 0 aliphatic carbocycles. The monoisotopic (exact) mass is 576 g/mol. The summed E-state index contributed by atoms with van der Waals surface area (Å²) in [6.45, 7) is 2.24. The molecule has 1 saturated heterocycles. The molecule has 2 unspecified atom stereocenters. The average molecular weight is 577 g/mol. The highest BCUT2D eigenvalue weighted by atomic mass is 15.3. The molecule has 5 aromatic carbocycles. The van der Waals surface area contributed by atoms with E-state index < -0.39 is 0 Å². The van der Waals surface area contributed by atoms with E-state index in [1.165, 1.54) is 55.9 Å². The Balaban J connectivity index is 1.02. The molecule has 0 N–H and O–H groups in total. The van der Waals surface area contributed by atoms with Gasteiger partial charge in [0.05, 0.1) is 34.3 Å². The van der Waals surface area contributed by atoms with Gasteiger partial charge in [-0.1, -0.05) is 91.0 Å². The number of hydrogen-bond donors (Lipinski definition) is 0. The molecule has 212 valence electrons. The highest BCUT2D eigenvalue weighted by molar-refractivity contribution is 6.13. The predicted molar refractivity (Wildman–Crippen MR) is 183 cm³/mol. The second-order valence-electron chi connectivity index (χ2n) is 12.2. The maximum Gasteiger partial charge on any atom is 0.0893 e. The van der Waals surface area contributed by atoms with E-state index in [0.29, 0.717) is 6.04 Å². The summed E-state index contributed by atoms with van der Waals surface area (Å²) >= 11 is 0. The van der Waals surface area contributed by atoms with Crippen LogP contribution in [0.1, 0.15) is 17.3 Å². The number of fused-ring (bicyclic) bond motifs is 8. The van der Waals surface area contributed by atoms with Crippen LogP contribution >= 0.6 is 0 Å². The van der Waals surface area contributed by atoms with Crippen molar-refractivity contribution in [1.29, 1.82) is 0 Å². The molecule has 4 heteroatoms. The smallest absolute Gasteiger partial charge is 0.0893 e. The first-order valence-electron chi connectivity index (χ1n) is 15.6. The summed E-state index contributed by atoms with van der Waals surface area (Å²) in [5.74, 6) is 0. The van der Waals surface area contributed by atoms with Crippen LogP contribution in [0.3, 0.4) is 0 Å². The topological polar surface area (TPSA) is 33.7 Å². The molecule has 4 nitrogen and oxygen atoms in total. The molecule has 2 aliphatic heterocycles. The predicted octanol–water partition coefficient (Wildman–Crippen LogP) is 9.60. The molecule has 0 saturated carbocycles. The van der Waals surface area contributed by atoms with Crippen molar-refractivity contribution < 1.29 is 0 Å². The standard InChI is InChI=1S/C41H28N4/c1-2-10-29-27(9-1)23-33(31-12-4-3-11-30(29)31)36-15-8-17-38(43-36)37-16-7-14-35(42-37)26-19-21-28(22-20-26)45-39-18-6-5-13-32(39)34-24-44-25-40(44)41(34)45/h1-23,40H,24-25H2. The van der Waals surface area contributed by atoms with Gasteiger partial charge in [0.2, 0.25) is 0 Å². The number of pyridine rings is 2. The minimum absolute atomic E-state index is 0.557. The lowest BCUT2D eigenvalue weighted by Crippen LogP contribution is -1.99. The molecule has 0 bridgehead atoms. The maximum absolute atomic E-state index is 5.16. The van der Waals surface area contributed by atoms with Crippen LogP contribution in [0, 0.1) is 0 Å². The zero-order valence-electron chi connectivity index (χ0n) is 24.6. The van der Waals surface area contributed by atoms with Crippen LogP contribution in [0.2, 0.25) is 0 Å². The fourth-order valence-corrected chi connectivity index (χ4v) is 7.45. The van der Waals surface area contributed by atoms with Crippen LogP contribution in [0.4, 0.5) is 0 Å². The van der Waals surface area contributed by atoms with Crippen LogP contribution < -0.4 is 0 Å². The molecule has 0 spiro atoms. The summed E-state index contributed by atoms with van der Waals surface area (Å²) in [7, 11) is 0. The SMILES string of the molecule is c1cc(-c2ccc(-n3c4c(c5ccccc53)CN3CC43)cc2)nc(-c2cccc(-c3cc4ccccc4c4ccccc34)n2)c1. The van der Waals surface area contributed by atoms with Crippen molar-refractivity contribution in [2.75, 3.05) is 6.54 Å². The number of rotatable bonds is 4. The van der Waals surface area contributed by atoms with Crippen molar-refractivity contribution in [2.24, 2.45) is 0 Å². The van der Waals surface area contributed by atoms with Crippen LogP contribution in [0.25, 0.3) is 72.0 Å². The van der Waals surface area contributed by atoms with Gasteiger partial charge < -0.3 is 4.57 Å². The lowest BCUT2D eigenvalue weighted by molar-refractivity contribution is 0.546. The Labute approximate surface area is 260 Å². The lowest BCUT2D eigenvalue weighted by Gasteiger charge is -2.12. The fourth-order valence-electron chi connectivity index (χ4n) is 7.45.